The van der Waals surface area contributed by atoms with Crippen molar-refractivity contribution in [1.82, 2.24) is 23.6 Å². The van der Waals surface area contributed by atoms with Gasteiger partial charge in [-0.25, -0.2) is 4.68 Å². The zero-order chi connectivity index (χ0) is 16.1. The van der Waals surface area contributed by atoms with Crippen molar-refractivity contribution < 1.29 is 0 Å². The van der Waals surface area contributed by atoms with Crippen molar-refractivity contribution in [3.8, 4) is 0 Å². The van der Waals surface area contributed by atoms with E-state index in [2.05, 4.69) is 17.0 Å². The van der Waals surface area contributed by atoms with E-state index in [0.717, 1.165) is 18.0 Å². The predicted molar refractivity (Wildman–Crippen MR) is 92.1 cm³/mol. The Morgan fingerprint density at radius 2 is 2.09 bits per heavy atom. The summed E-state index contributed by atoms with van der Waals surface area (Å²) in [6.45, 7) is 1.70. The second-order valence-corrected chi connectivity index (χ2v) is 6.79. The Kier molecular flexibility index (Phi) is 3.35. The van der Waals surface area contributed by atoms with E-state index >= 15 is 0 Å². The third-order valence-electron chi connectivity index (χ3n) is 4.44. The van der Waals surface area contributed by atoms with Gasteiger partial charge in [-0.15, -0.1) is 5.10 Å². The van der Waals surface area contributed by atoms with Gasteiger partial charge >= 0.3 is 0 Å². The van der Waals surface area contributed by atoms with Crippen molar-refractivity contribution in [2.75, 3.05) is 13.6 Å². The Morgan fingerprint density at radius 3 is 2.83 bits per heavy atom. The minimum absolute atomic E-state index is 0.0495. The topological polar surface area (TPSA) is 47.5 Å². The van der Waals surface area contributed by atoms with E-state index in [0.29, 0.717) is 22.6 Å². The normalized spacial score (nSPS) is 15.1. The summed E-state index contributed by atoms with van der Waals surface area (Å²) >= 11 is 5.63. The number of aryl methyl sites for hydroxylation is 1. The molecule has 4 rings (SSSR count). The Hall–Kier alpha value is -1.99. The van der Waals surface area contributed by atoms with Crippen LogP contribution in [0, 0.1) is 10.7 Å². The molecule has 1 fully saturated rings. The summed E-state index contributed by atoms with van der Waals surface area (Å²) in [6.07, 6.45) is 2.64. The van der Waals surface area contributed by atoms with E-state index in [1.807, 2.05) is 28.7 Å². The minimum Gasteiger partial charge on any atom is -0.287 e. The number of hydrogen-bond donors (Lipinski definition) is 0. The molecule has 0 N–H and O–H groups in total. The number of fused-ring (bicyclic) bond motifs is 3. The van der Waals surface area contributed by atoms with E-state index in [1.165, 1.54) is 12.8 Å². The van der Waals surface area contributed by atoms with Gasteiger partial charge in [0.05, 0.1) is 17.6 Å². The summed E-state index contributed by atoms with van der Waals surface area (Å²) in [7, 11) is 3.82. The maximum atomic E-state index is 12.5. The molecule has 1 aliphatic carbocycles. The van der Waals surface area contributed by atoms with E-state index < -0.39 is 0 Å². The van der Waals surface area contributed by atoms with Crippen LogP contribution in [0.2, 0.25) is 0 Å². The first-order valence-corrected chi connectivity index (χ1v) is 8.23. The van der Waals surface area contributed by atoms with Gasteiger partial charge in [-0.2, -0.15) is 0 Å². The van der Waals surface area contributed by atoms with Gasteiger partial charge in [0.15, 0.2) is 0 Å². The molecular formula is C16H19N5OS. The molecule has 1 saturated carbocycles. The van der Waals surface area contributed by atoms with Crippen LogP contribution in [0.1, 0.15) is 12.8 Å². The van der Waals surface area contributed by atoms with Gasteiger partial charge in [0.1, 0.15) is 0 Å². The highest BCUT2D eigenvalue weighted by atomic mass is 32.1. The van der Waals surface area contributed by atoms with E-state index in [9.17, 15) is 4.79 Å². The second-order valence-electron chi connectivity index (χ2n) is 6.42. The maximum Gasteiger partial charge on any atom is 0.262 e. The minimum atomic E-state index is -0.0495. The van der Waals surface area contributed by atoms with Gasteiger partial charge in [-0.05, 0) is 50.2 Å². The highest BCUT2D eigenvalue weighted by molar-refractivity contribution is 7.71. The number of benzene rings is 1. The Bertz CT molecular complexity index is 1010. The summed E-state index contributed by atoms with van der Waals surface area (Å²) in [5.74, 6) is 1.40. The molecule has 120 valence electrons. The number of rotatable bonds is 4. The molecule has 0 atom stereocenters. The second kappa shape index (κ2) is 5.28. The largest absolute Gasteiger partial charge is 0.287 e. The predicted octanol–water partition coefficient (Wildman–Crippen LogP) is 2.02. The molecule has 0 saturated heterocycles. The number of aromatic nitrogens is 4. The monoisotopic (exact) mass is 329 g/mol. The fraction of sp³-hybridized carbons (Fsp3) is 0.438. The number of hydrogen-bond acceptors (Lipinski definition) is 4. The highest BCUT2D eigenvalue weighted by Crippen LogP contribution is 2.29. The van der Waals surface area contributed by atoms with Crippen LogP contribution in [-0.4, -0.2) is 37.2 Å². The smallest absolute Gasteiger partial charge is 0.262 e. The SMILES string of the molecule is CN(CC1CC1)Cn1nc2n(C)c(=O)c3ccccc3n2c1=S. The molecule has 3 aromatic rings. The maximum absolute atomic E-state index is 12.5. The van der Waals surface area contributed by atoms with Crippen molar-refractivity contribution in [3.63, 3.8) is 0 Å². The summed E-state index contributed by atoms with van der Waals surface area (Å²) in [5, 5.41) is 5.24. The highest BCUT2D eigenvalue weighted by Gasteiger charge is 2.23. The lowest BCUT2D eigenvalue weighted by molar-refractivity contribution is 0.243. The van der Waals surface area contributed by atoms with Gasteiger partial charge in [0.25, 0.3) is 5.56 Å². The number of para-hydroxylation sites is 1. The van der Waals surface area contributed by atoms with Crippen LogP contribution in [0.25, 0.3) is 16.7 Å². The van der Waals surface area contributed by atoms with Crippen molar-refractivity contribution in [2.24, 2.45) is 13.0 Å². The first kappa shape index (κ1) is 14.6. The van der Waals surface area contributed by atoms with Crippen LogP contribution in [0.5, 0.6) is 0 Å². The number of nitrogens with zero attached hydrogens (tertiary/aromatic N) is 5. The van der Waals surface area contributed by atoms with Crippen LogP contribution in [-0.2, 0) is 13.7 Å². The van der Waals surface area contributed by atoms with Gasteiger partial charge in [-0.3, -0.25) is 18.7 Å². The molecule has 6 nitrogen and oxygen atoms in total. The van der Waals surface area contributed by atoms with E-state index in [1.54, 1.807) is 16.3 Å². The van der Waals surface area contributed by atoms with E-state index in [-0.39, 0.29) is 5.56 Å². The summed E-state index contributed by atoms with van der Waals surface area (Å²) in [6, 6.07) is 7.53. The standard InChI is InChI=1S/C16H19N5OS/c1-18(9-11-7-8-11)10-20-16(23)21-13-6-4-3-5-12(13)14(22)19(2)15(21)17-20/h3-6,11H,7-10H2,1-2H3. The van der Waals surface area contributed by atoms with E-state index in [4.69, 9.17) is 12.2 Å². The van der Waals surface area contributed by atoms with Crippen molar-refractivity contribution in [3.05, 3.63) is 39.4 Å². The molecule has 0 bridgehead atoms. The Morgan fingerprint density at radius 1 is 1.35 bits per heavy atom. The van der Waals surface area contributed by atoms with Crippen LogP contribution in [0.4, 0.5) is 0 Å². The zero-order valence-electron chi connectivity index (χ0n) is 13.3. The lowest BCUT2D eigenvalue weighted by atomic mass is 10.2. The summed E-state index contributed by atoms with van der Waals surface area (Å²) < 4.78 is 5.88. The molecule has 0 radical (unpaired) electrons. The van der Waals surface area contributed by atoms with Crippen LogP contribution in [0.3, 0.4) is 0 Å². The zero-order valence-corrected chi connectivity index (χ0v) is 14.1. The first-order chi connectivity index (χ1) is 11.1. The van der Waals surface area contributed by atoms with Gasteiger partial charge in [0.2, 0.25) is 10.5 Å². The molecule has 7 heteroatoms. The van der Waals surface area contributed by atoms with Crippen LogP contribution >= 0.6 is 12.2 Å². The molecule has 23 heavy (non-hydrogen) atoms. The van der Waals surface area contributed by atoms with Gasteiger partial charge in [0, 0.05) is 13.6 Å². The van der Waals surface area contributed by atoms with Gasteiger partial charge < -0.3 is 0 Å². The Balaban J connectivity index is 1.89. The average molecular weight is 329 g/mol. The summed E-state index contributed by atoms with van der Waals surface area (Å²) in [5.41, 5.74) is 0.762. The first-order valence-electron chi connectivity index (χ1n) is 7.82. The molecule has 1 aromatic carbocycles. The molecule has 0 unspecified atom stereocenters. The molecular weight excluding hydrogens is 310 g/mol. The van der Waals surface area contributed by atoms with Crippen LogP contribution < -0.4 is 5.56 Å². The molecule has 0 aliphatic heterocycles. The fourth-order valence-corrected chi connectivity index (χ4v) is 3.34. The average Bonchev–Trinajstić information content (AvgIpc) is 3.29. The van der Waals surface area contributed by atoms with Gasteiger partial charge in [-0.1, -0.05) is 12.1 Å². The van der Waals surface area contributed by atoms with Crippen molar-refractivity contribution >= 4 is 28.9 Å². The fourth-order valence-electron chi connectivity index (χ4n) is 3.07. The lowest BCUT2D eigenvalue weighted by Crippen LogP contribution is -2.25. The molecule has 2 aromatic heterocycles. The third kappa shape index (κ3) is 2.40. The van der Waals surface area contributed by atoms with Crippen LogP contribution in [0.15, 0.2) is 29.1 Å². The molecule has 1 aliphatic rings. The van der Waals surface area contributed by atoms with Crippen molar-refractivity contribution in [2.45, 2.75) is 19.5 Å². The molecule has 0 amide bonds. The van der Waals surface area contributed by atoms with Crippen molar-refractivity contribution in [1.29, 1.82) is 0 Å². The third-order valence-corrected chi connectivity index (χ3v) is 4.84. The lowest BCUT2D eigenvalue weighted by Gasteiger charge is -2.15. The quantitative estimate of drug-likeness (QED) is 0.687. The molecule has 0 spiro atoms. The Labute approximate surface area is 138 Å². The summed E-state index contributed by atoms with van der Waals surface area (Å²) in [4.78, 5) is 14.7. The molecule has 2 heterocycles.